The van der Waals surface area contributed by atoms with Crippen molar-refractivity contribution in [2.45, 2.75) is 11.8 Å². The number of hydrogen-bond donors (Lipinski definition) is 3. The second-order valence-corrected chi connectivity index (χ2v) is 5.29. The fraction of sp³-hybridized carbons (Fsp3) is 0.300. The topological polar surface area (TPSA) is 96.0 Å². The molecule has 6 heteroatoms. The van der Waals surface area contributed by atoms with E-state index in [2.05, 4.69) is 4.72 Å². The lowest BCUT2D eigenvalue weighted by atomic mass is 10.2. The van der Waals surface area contributed by atoms with Crippen molar-refractivity contribution in [2.24, 2.45) is 11.7 Å². The van der Waals surface area contributed by atoms with Crippen LogP contribution in [0.2, 0.25) is 0 Å². The molecule has 0 aliphatic heterocycles. The Hall–Kier alpha value is -1.40. The van der Waals surface area contributed by atoms with Gasteiger partial charge in [-0.05, 0) is 12.1 Å². The third kappa shape index (κ3) is 3.32. The molecular weight excluding hydrogens is 226 g/mol. The summed E-state index contributed by atoms with van der Waals surface area (Å²) in [5, 5.41) is 7.16. The number of rotatable bonds is 5. The Morgan fingerprint density at radius 2 is 2.00 bits per heavy atom. The Balaban J connectivity index is 2.71. The van der Waals surface area contributed by atoms with Crippen LogP contribution in [0.25, 0.3) is 0 Å². The van der Waals surface area contributed by atoms with Crippen molar-refractivity contribution in [1.29, 1.82) is 5.41 Å². The van der Waals surface area contributed by atoms with Crippen LogP contribution in [-0.2, 0) is 10.0 Å². The second kappa shape index (κ2) is 5.09. The molecular formula is C10H15N3O2S. The van der Waals surface area contributed by atoms with Crippen LogP contribution < -0.4 is 10.5 Å². The summed E-state index contributed by atoms with van der Waals surface area (Å²) in [6, 6.07) is 8.09. The molecule has 88 valence electrons. The Labute approximate surface area is 95.2 Å². The van der Waals surface area contributed by atoms with E-state index in [9.17, 15) is 8.42 Å². The quantitative estimate of drug-likeness (QED) is 0.518. The molecule has 1 aromatic rings. The molecule has 1 atom stereocenters. The Morgan fingerprint density at radius 3 is 2.50 bits per heavy atom. The minimum absolute atomic E-state index is 0.0317. The van der Waals surface area contributed by atoms with Gasteiger partial charge in [0.25, 0.3) is 0 Å². The molecule has 0 heterocycles. The second-order valence-electron chi connectivity index (χ2n) is 3.52. The maximum Gasteiger partial charge on any atom is 0.240 e. The minimum Gasteiger partial charge on any atom is -0.387 e. The van der Waals surface area contributed by atoms with Crippen LogP contribution in [0, 0.1) is 11.3 Å². The summed E-state index contributed by atoms with van der Waals surface area (Å²) in [5.74, 6) is -0.339. The van der Waals surface area contributed by atoms with Gasteiger partial charge < -0.3 is 5.73 Å². The lowest BCUT2D eigenvalue weighted by Gasteiger charge is -2.11. The molecule has 1 rings (SSSR count). The number of amidine groups is 1. The van der Waals surface area contributed by atoms with E-state index in [-0.39, 0.29) is 23.2 Å². The molecule has 0 amide bonds. The van der Waals surface area contributed by atoms with Gasteiger partial charge in [0.2, 0.25) is 10.0 Å². The normalized spacial score (nSPS) is 13.3. The highest BCUT2D eigenvalue weighted by atomic mass is 32.2. The summed E-state index contributed by atoms with van der Waals surface area (Å²) in [7, 11) is -3.49. The van der Waals surface area contributed by atoms with Crippen molar-refractivity contribution < 1.29 is 8.42 Å². The molecule has 1 unspecified atom stereocenters. The van der Waals surface area contributed by atoms with Gasteiger partial charge in [-0.2, -0.15) is 0 Å². The van der Waals surface area contributed by atoms with Crippen LogP contribution in [0.3, 0.4) is 0 Å². The van der Waals surface area contributed by atoms with Crippen molar-refractivity contribution in [1.82, 2.24) is 4.72 Å². The molecule has 0 spiro atoms. The van der Waals surface area contributed by atoms with E-state index in [1.807, 2.05) is 0 Å². The fourth-order valence-electron chi connectivity index (χ4n) is 1.03. The van der Waals surface area contributed by atoms with Crippen LogP contribution in [0.1, 0.15) is 6.92 Å². The molecule has 0 fully saturated rings. The zero-order valence-electron chi connectivity index (χ0n) is 8.97. The Morgan fingerprint density at radius 1 is 1.44 bits per heavy atom. The standard InChI is InChI=1S/C10H15N3O2S/c1-8(10(11)12)7-13-16(14,15)9-5-3-2-4-6-9/h2-6,8,13H,7H2,1H3,(H3,11,12). The van der Waals surface area contributed by atoms with E-state index in [1.54, 1.807) is 25.1 Å². The highest BCUT2D eigenvalue weighted by Crippen LogP contribution is 2.07. The van der Waals surface area contributed by atoms with E-state index in [1.165, 1.54) is 12.1 Å². The summed E-state index contributed by atoms with van der Waals surface area (Å²) < 4.78 is 25.9. The van der Waals surface area contributed by atoms with Crippen LogP contribution >= 0.6 is 0 Å². The van der Waals surface area contributed by atoms with Crippen LogP contribution in [0.5, 0.6) is 0 Å². The number of nitrogens with one attached hydrogen (secondary N) is 2. The smallest absolute Gasteiger partial charge is 0.240 e. The van der Waals surface area contributed by atoms with Crippen molar-refractivity contribution in [3.8, 4) is 0 Å². The first-order valence-corrected chi connectivity index (χ1v) is 6.30. The number of sulfonamides is 1. The maximum absolute atomic E-state index is 11.7. The zero-order valence-corrected chi connectivity index (χ0v) is 9.79. The highest BCUT2D eigenvalue weighted by Gasteiger charge is 2.15. The summed E-state index contributed by atoms with van der Waals surface area (Å²) in [6.45, 7) is 1.82. The molecule has 0 aromatic heterocycles. The van der Waals surface area contributed by atoms with E-state index in [0.29, 0.717) is 0 Å². The predicted molar refractivity (Wildman–Crippen MR) is 62.7 cm³/mol. The van der Waals surface area contributed by atoms with Gasteiger partial charge in [0, 0.05) is 12.5 Å². The minimum atomic E-state index is -3.49. The van der Waals surface area contributed by atoms with Crippen molar-refractivity contribution in [3.05, 3.63) is 30.3 Å². The van der Waals surface area contributed by atoms with Crippen molar-refractivity contribution in [2.75, 3.05) is 6.54 Å². The van der Waals surface area contributed by atoms with Gasteiger partial charge >= 0.3 is 0 Å². The summed E-state index contributed by atoms with van der Waals surface area (Å²) in [4.78, 5) is 0.214. The Bertz CT molecular complexity index is 456. The van der Waals surface area contributed by atoms with Gasteiger partial charge in [-0.15, -0.1) is 0 Å². The highest BCUT2D eigenvalue weighted by molar-refractivity contribution is 7.89. The van der Waals surface area contributed by atoms with Crippen LogP contribution in [-0.4, -0.2) is 20.8 Å². The summed E-state index contributed by atoms with van der Waals surface area (Å²) in [6.07, 6.45) is 0. The van der Waals surface area contributed by atoms with E-state index in [4.69, 9.17) is 11.1 Å². The number of nitrogens with two attached hydrogens (primary N) is 1. The molecule has 0 saturated heterocycles. The van der Waals surface area contributed by atoms with Gasteiger partial charge in [-0.25, -0.2) is 13.1 Å². The molecule has 0 aliphatic rings. The zero-order chi connectivity index (χ0) is 12.2. The Kier molecular flexibility index (Phi) is 4.03. The van der Waals surface area contributed by atoms with Gasteiger partial charge in [0.15, 0.2) is 0 Å². The molecule has 5 nitrogen and oxygen atoms in total. The molecule has 1 aromatic carbocycles. The summed E-state index contributed by atoms with van der Waals surface area (Å²) >= 11 is 0. The predicted octanol–water partition coefficient (Wildman–Crippen LogP) is 0.537. The van der Waals surface area contributed by atoms with Gasteiger partial charge in [-0.1, -0.05) is 25.1 Å². The number of hydrogen-bond acceptors (Lipinski definition) is 3. The van der Waals surface area contributed by atoms with Gasteiger partial charge in [0.1, 0.15) is 0 Å². The first-order chi connectivity index (χ1) is 7.43. The first-order valence-electron chi connectivity index (χ1n) is 4.82. The van der Waals surface area contributed by atoms with Crippen molar-refractivity contribution >= 4 is 15.9 Å². The molecule has 0 bridgehead atoms. The van der Waals surface area contributed by atoms with E-state index in [0.717, 1.165) is 0 Å². The molecule has 16 heavy (non-hydrogen) atoms. The van der Waals surface area contributed by atoms with E-state index >= 15 is 0 Å². The van der Waals surface area contributed by atoms with Crippen molar-refractivity contribution in [3.63, 3.8) is 0 Å². The average Bonchev–Trinajstić information content (AvgIpc) is 2.27. The molecule has 0 aliphatic carbocycles. The molecule has 4 N–H and O–H groups in total. The molecule has 0 radical (unpaired) electrons. The van der Waals surface area contributed by atoms with Gasteiger partial charge in [-0.3, -0.25) is 5.41 Å². The molecule has 0 saturated carbocycles. The van der Waals surface area contributed by atoms with Crippen LogP contribution in [0.15, 0.2) is 35.2 Å². The van der Waals surface area contributed by atoms with Crippen LogP contribution in [0.4, 0.5) is 0 Å². The fourth-order valence-corrected chi connectivity index (χ4v) is 2.18. The third-order valence-electron chi connectivity index (χ3n) is 2.16. The lowest BCUT2D eigenvalue weighted by molar-refractivity contribution is 0.574. The largest absolute Gasteiger partial charge is 0.387 e. The maximum atomic E-state index is 11.7. The lowest BCUT2D eigenvalue weighted by Crippen LogP contribution is -2.34. The van der Waals surface area contributed by atoms with E-state index < -0.39 is 10.0 Å². The monoisotopic (exact) mass is 241 g/mol. The third-order valence-corrected chi connectivity index (χ3v) is 3.60. The number of benzene rings is 1. The average molecular weight is 241 g/mol. The summed E-state index contributed by atoms with van der Waals surface area (Å²) in [5.41, 5.74) is 5.25. The van der Waals surface area contributed by atoms with Gasteiger partial charge in [0.05, 0.1) is 10.7 Å². The first kappa shape index (κ1) is 12.7. The SMILES string of the molecule is CC(CNS(=O)(=O)c1ccccc1)C(=N)N.